The minimum atomic E-state index is 0.736. The Morgan fingerprint density at radius 3 is 2.53 bits per heavy atom. The third kappa shape index (κ3) is 4.46. The van der Waals surface area contributed by atoms with Crippen LogP contribution < -0.4 is 0 Å². The molecule has 0 bridgehead atoms. The lowest BCUT2D eigenvalue weighted by Crippen LogP contribution is -1.96. The van der Waals surface area contributed by atoms with Crippen molar-refractivity contribution in [2.75, 3.05) is 5.88 Å². The molecule has 1 aliphatic carbocycles. The van der Waals surface area contributed by atoms with Gasteiger partial charge in [-0.05, 0) is 38.5 Å². The minimum Gasteiger partial charge on any atom is -0.127 e. The Bertz CT molecular complexity index is 319. The highest BCUT2D eigenvalue weighted by Gasteiger charge is 2.08. The van der Waals surface area contributed by atoms with Gasteiger partial charge in [-0.2, -0.15) is 0 Å². The number of terminal acetylenes is 1. The third-order valence-electron chi connectivity index (χ3n) is 2.57. The summed E-state index contributed by atoms with van der Waals surface area (Å²) in [7, 11) is 0. The summed E-state index contributed by atoms with van der Waals surface area (Å²) in [6, 6.07) is 0. The van der Waals surface area contributed by atoms with Gasteiger partial charge < -0.3 is 0 Å². The van der Waals surface area contributed by atoms with E-state index in [0.29, 0.717) is 0 Å². The van der Waals surface area contributed by atoms with E-state index in [-0.39, 0.29) is 0 Å². The average molecular weight is 221 g/mol. The second-order valence-electron chi connectivity index (χ2n) is 3.76. The first-order chi connectivity index (χ1) is 7.38. The van der Waals surface area contributed by atoms with E-state index in [4.69, 9.17) is 18.0 Å². The van der Waals surface area contributed by atoms with Crippen LogP contribution >= 0.6 is 11.6 Å². The van der Waals surface area contributed by atoms with Crippen LogP contribution in [-0.4, -0.2) is 5.88 Å². The molecule has 0 atom stereocenters. The van der Waals surface area contributed by atoms with Crippen molar-refractivity contribution in [2.24, 2.45) is 0 Å². The Kier molecular flexibility index (Phi) is 6.06. The summed E-state index contributed by atoms with van der Waals surface area (Å²) in [4.78, 5) is 0. The van der Waals surface area contributed by atoms with Crippen LogP contribution in [0.2, 0.25) is 0 Å². The van der Waals surface area contributed by atoms with Gasteiger partial charge in [0.25, 0.3) is 0 Å². The van der Waals surface area contributed by atoms with Crippen molar-refractivity contribution in [2.45, 2.75) is 44.9 Å². The summed E-state index contributed by atoms with van der Waals surface area (Å²) in [6.07, 6.45) is 13.1. The van der Waals surface area contributed by atoms with Crippen LogP contribution in [0.5, 0.6) is 0 Å². The molecule has 0 saturated carbocycles. The van der Waals surface area contributed by atoms with E-state index in [1.807, 2.05) is 0 Å². The van der Waals surface area contributed by atoms with Gasteiger partial charge in [0, 0.05) is 23.4 Å². The number of hydrogen-bond acceptors (Lipinski definition) is 0. The van der Waals surface area contributed by atoms with Gasteiger partial charge in [-0.25, -0.2) is 0 Å². The van der Waals surface area contributed by atoms with Crippen molar-refractivity contribution >= 4 is 11.6 Å². The van der Waals surface area contributed by atoms with Gasteiger partial charge in [0.15, 0.2) is 0 Å². The average Bonchev–Trinajstić information content (AvgIpc) is 2.29. The number of rotatable bonds is 3. The van der Waals surface area contributed by atoms with Gasteiger partial charge in [0.2, 0.25) is 0 Å². The van der Waals surface area contributed by atoms with Gasteiger partial charge >= 0.3 is 0 Å². The molecule has 0 unspecified atom stereocenters. The molecule has 0 heterocycles. The molecule has 80 valence electrons. The van der Waals surface area contributed by atoms with Crippen molar-refractivity contribution in [3.63, 3.8) is 0 Å². The summed E-state index contributed by atoms with van der Waals surface area (Å²) in [5.74, 6) is 9.92. The molecule has 1 aliphatic rings. The van der Waals surface area contributed by atoms with Crippen molar-refractivity contribution in [1.82, 2.24) is 0 Å². The normalized spacial score (nSPS) is 15.5. The molecular formula is C14H17Cl. The first-order valence-electron chi connectivity index (χ1n) is 5.62. The zero-order valence-electron chi connectivity index (χ0n) is 9.11. The van der Waals surface area contributed by atoms with E-state index >= 15 is 0 Å². The largest absolute Gasteiger partial charge is 0.127 e. The summed E-state index contributed by atoms with van der Waals surface area (Å²) >= 11 is 5.59. The smallest absolute Gasteiger partial charge is 0.0223 e. The molecule has 15 heavy (non-hydrogen) atoms. The van der Waals surface area contributed by atoms with Gasteiger partial charge in [0.05, 0.1) is 0 Å². The van der Waals surface area contributed by atoms with Gasteiger partial charge in [0.1, 0.15) is 0 Å². The Labute approximate surface area is 98.1 Å². The van der Waals surface area contributed by atoms with E-state index in [1.54, 1.807) is 0 Å². The zero-order chi connectivity index (χ0) is 10.9. The molecule has 0 radical (unpaired) electrons. The number of hydrogen-bond donors (Lipinski definition) is 0. The van der Waals surface area contributed by atoms with Gasteiger partial charge in [-0.3, -0.25) is 0 Å². The topological polar surface area (TPSA) is 0 Å². The predicted octanol–water partition coefficient (Wildman–Crippen LogP) is 3.90. The second kappa shape index (κ2) is 7.44. The van der Waals surface area contributed by atoms with Gasteiger partial charge in [-0.1, -0.05) is 17.8 Å². The first kappa shape index (κ1) is 12.2. The molecule has 1 heteroatoms. The molecule has 0 spiro atoms. The number of allylic oxidation sites excluding steroid dienone is 2. The standard InChI is InChI=1S/C14H17Cl/c1-2-13-9-6-7-11-14(13)10-5-3-4-8-12-15/h1H,3-4,6-9,11-12H2. The number of alkyl halides is 1. The van der Waals surface area contributed by atoms with Crippen LogP contribution in [0.25, 0.3) is 0 Å². The maximum Gasteiger partial charge on any atom is 0.0223 e. The highest BCUT2D eigenvalue weighted by Crippen LogP contribution is 2.23. The molecule has 0 aromatic rings. The van der Waals surface area contributed by atoms with Crippen LogP contribution in [0.15, 0.2) is 11.1 Å². The molecule has 0 fully saturated rings. The Hall–Kier alpha value is -0.850. The fourth-order valence-electron chi connectivity index (χ4n) is 1.68. The van der Waals surface area contributed by atoms with Crippen molar-refractivity contribution in [3.05, 3.63) is 11.1 Å². The van der Waals surface area contributed by atoms with Crippen LogP contribution in [0.3, 0.4) is 0 Å². The second-order valence-corrected chi connectivity index (χ2v) is 4.13. The lowest BCUT2D eigenvalue weighted by molar-refractivity contribution is 0.699. The quantitative estimate of drug-likeness (QED) is 0.385. The Balaban J connectivity index is 2.47. The van der Waals surface area contributed by atoms with Gasteiger partial charge in [-0.15, -0.1) is 18.0 Å². The fraction of sp³-hybridized carbons (Fsp3) is 0.571. The number of halogens is 1. The molecule has 0 amide bonds. The van der Waals surface area contributed by atoms with Crippen molar-refractivity contribution in [3.8, 4) is 24.2 Å². The van der Waals surface area contributed by atoms with Crippen LogP contribution in [0.4, 0.5) is 0 Å². The highest BCUT2D eigenvalue weighted by molar-refractivity contribution is 6.17. The van der Waals surface area contributed by atoms with E-state index in [0.717, 1.165) is 43.6 Å². The Morgan fingerprint density at radius 2 is 1.87 bits per heavy atom. The van der Waals surface area contributed by atoms with E-state index < -0.39 is 0 Å². The van der Waals surface area contributed by atoms with E-state index in [9.17, 15) is 0 Å². The molecular weight excluding hydrogens is 204 g/mol. The lowest BCUT2D eigenvalue weighted by atomic mass is 9.92. The zero-order valence-corrected chi connectivity index (χ0v) is 9.87. The molecule has 0 nitrogen and oxygen atoms in total. The minimum absolute atomic E-state index is 0.736. The van der Waals surface area contributed by atoms with Crippen LogP contribution in [-0.2, 0) is 0 Å². The molecule has 0 aromatic carbocycles. The fourth-order valence-corrected chi connectivity index (χ4v) is 1.87. The lowest BCUT2D eigenvalue weighted by Gasteiger charge is -2.11. The first-order valence-corrected chi connectivity index (χ1v) is 6.15. The predicted molar refractivity (Wildman–Crippen MR) is 66.7 cm³/mol. The highest BCUT2D eigenvalue weighted by atomic mass is 35.5. The Morgan fingerprint density at radius 1 is 1.13 bits per heavy atom. The maximum absolute atomic E-state index is 5.59. The molecule has 0 saturated heterocycles. The molecule has 0 aromatic heterocycles. The number of unbranched alkanes of at least 4 members (excludes halogenated alkanes) is 2. The van der Waals surface area contributed by atoms with Crippen LogP contribution in [0, 0.1) is 24.2 Å². The summed E-state index contributed by atoms with van der Waals surface area (Å²) in [6.45, 7) is 0. The summed E-state index contributed by atoms with van der Waals surface area (Å²) in [5.41, 5.74) is 2.33. The van der Waals surface area contributed by atoms with Crippen molar-refractivity contribution < 1.29 is 0 Å². The van der Waals surface area contributed by atoms with Crippen molar-refractivity contribution in [1.29, 1.82) is 0 Å². The summed E-state index contributed by atoms with van der Waals surface area (Å²) in [5, 5.41) is 0. The molecule has 0 N–H and O–H groups in total. The third-order valence-corrected chi connectivity index (χ3v) is 2.83. The molecule has 1 rings (SSSR count). The van der Waals surface area contributed by atoms with E-state index in [2.05, 4.69) is 17.8 Å². The molecule has 0 aliphatic heterocycles. The maximum atomic E-state index is 5.59. The summed E-state index contributed by atoms with van der Waals surface area (Å²) < 4.78 is 0. The SMILES string of the molecule is C#CC1=C(C#CCCCCCl)CCCC1. The van der Waals surface area contributed by atoms with E-state index in [1.165, 1.54) is 18.4 Å². The monoisotopic (exact) mass is 220 g/mol. The van der Waals surface area contributed by atoms with Crippen LogP contribution in [0.1, 0.15) is 44.9 Å².